The first-order valence-corrected chi connectivity index (χ1v) is 4.97. The maximum atomic E-state index is 5.31. The summed E-state index contributed by atoms with van der Waals surface area (Å²) in [6.07, 6.45) is 3.41. The van der Waals surface area contributed by atoms with Crippen molar-refractivity contribution < 1.29 is 9.47 Å². The zero-order valence-corrected chi connectivity index (χ0v) is 9.57. The topological polar surface area (TPSA) is 47.1 Å². The van der Waals surface area contributed by atoms with Gasteiger partial charge in [-0.2, -0.15) is 0 Å². The molecule has 16 heavy (non-hydrogen) atoms. The average molecular weight is 218 g/mol. The molecule has 0 atom stereocenters. The fourth-order valence-electron chi connectivity index (χ4n) is 1.66. The summed E-state index contributed by atoms with van der Waals surface area (Å²) in [7, 11) is 3.30. The Morgan fingerprint density at radius 1 is 1.12 bits per heavy atom. The molecule has 0 amide bonds. The molecule has 4 heteroatoms. The molecule has 84 valence electrons. The largest absolute Gasteiger partial charge is 0.496 e. The molecule has 0 aliphatic rings. The van der Waals surface area contributed by atoms with E-state index in [1.165, 1.54) is 0 Å². The fraction of sp³-hybridized carbons (Fsp3) is 0.250. The number of methoxy groups -OCH3 is 2. The maximum Gasteiger partial charge on any atom is 0.126 e. The Morgan fingerprint density at radius 3 is 2.19 bits per heavy atom. The minimum atomic E-state index is 0.809. The number of nitrogens with zero attached hydrogens (tertiary/aromatic N) is 1. The fourth-order valence-corrected chi connectivity index (χ4v) is 1.66. The van der Waals surface area contributed by atoms with Crippen molar-refractivity contribution in [2.75, 3.05) is 14.2 Å². The number of ether oxygens (including phenoxy) is 2. The van der Waals surface area contributed by atoms with Gasteiger partial charge in [0.15, 0.2) is 0 Å². The van der Waals surface area contributed by atoms with Crippen LogP contribution in [-0.2, 0) is 0 Å². The molecule has 4 nitrogen and oxygen atoms in total. The van der Waals surface area contributed by atoms with Crippen molar-refractivity contribution in [3.8, 4) is 22.8 Å². The van der Waals surface area contributed by atoms with E-state index < -0.39 is 0 Å². The molecule has 0 fully saturated rings. The summed E-state index contributed by atoms with van der Waals surface area (Å²) in [4.78, 5) is 7.05. The molecule has 0 radical (unpaired) electrons. The van der Waals surface area contributed by atoms with Gasteiger partial charge in [0, 0.05) is 11.1 Å². The van der Waals surface area contributed by atoms with E-state index in [1.54, 1.807) is 26.7 Å². The lowest BCUT2D eigenvalue weighted by molar-refractivity contribution is 0.389. The van der Waals surface area contributed by atoms with E-state index in [9.17, 15) is 0 Å². The van der Waals surface area contributed by atoms with Gasteiger partial charge in [0.25, 0.3) is 0 Å². The smallest absolute Gasteiger partial charge is 0.126 e. The molecule has 0 bridgehead atoms. The Kier molecular flexibility index (Phi) is 2.81. The van der Waals surface area contributed by atoms with Crippen LogP contribution in [0.4, 0.5) is 0 Å². The van der Waals surface area contributed by atoms with Crippen molar-refractivity contribution in [1.29, 1.82) is 0 Å². The molecule has 1 aromatic carbocycles. The van der Waals surface area contributed by atoms with Gasteiger partial charge in [-0.15, -0.1) is 0 Å². The number of rotatable bonds is 3. The van der Waals surface area contributed by atoms with Crippen molar-refractivity contribution in [2.24, 2.45) is 0 Å². The second-order valence-electron chi connectivity index (χ2n) is 3.47. The summed E-state index contributed by atoms with van der Waals surface area (Å²) in [6, 6.07) is 3.93. The maximum absolute atomic E-state index is 5.31. The molecule has 1 N–H and O–H groups in total. The van der Waals surface area contributed by atoms with Gasteiger partial charge < -0.3 is 14.5 Å². The van der Waals surface area contributed by atoms with Crippen molar-refractivity contribution in [1.82, 2.24) is 9.97 Å². The van der Waals surface area contributed by atoms with Crippen LogP contribution in [0.3, 0.4) is 0 Å². The summed E-state index contributed by atoms with van der Waals surface area (Å²) in [5.41, 5.74) is 2.93. The molecule has 0 aliphatic carbocycles. The summed E-state index contributed by atoms with van der Waals surface area (Å²) < 4.78 is 10.6. The van der Waals surface area contributed by atoms with Gasteiger partial charge in [0.05, 0.1) is 32.4 Å². The lowest BCUT2D eigenvalue weighted by Crippen LogP contribution is -1.93. The molecule has 2 aromatic rings. The van der Waals surface area contributed by atoms with Gasteiger partial charge >= 0.3 is 0 Å². The number of hydrogen-bond donors (Lipinski definition) is 1. The standard InChI is InChI=1S/C12H14N2O2/c1-8-11(15-2)4-9(5-12(8)16-3)10-6-13-7-14-10/h4-7H,1-3H3,(H,13,14). The van der Waals surface area contributed by atoms with Gasteiger partial charge in [-0.05, 0) is 19.1 Å². The molecule has 0 aliphatic heterocycles. The first-order valence-electron chi connectivity index (χ1n) is 4.97. The van der Waals surface area contributed by atoms with Crippen LogP contribution < -0.4 is 9.47 Å². The van der Waals surface area contributed by atoms with Crippen molar-refractivity contribution >= 4 is 0 Å². The third-order valence-corrected chi connectivity index (χ3v) is 2.56. The van der Waals surface area contributed by atoms with Crippen LogP contribution >= 0.6 is 0 Å². The lowest BCUT2D eigenvalue weighted by atomic mass is 10.1. The highest BCUT2D eigenvalue weighted by Gasteiger charge is 2.09. The first kappa shape index (κ1) is 10.5. The zero-order chi connectivity index (χ0) is 11.5. The van der Waals surface area contributed by atoms with Crippen LogP contribution in [0, 0.1) is 6.92 Å². The number of imidazole rings is 1. The monoisotopic (exact) mass is 218 g/mol. The van der Waals surface area contributed by atoms with E-state index in [0.717, 1.165) is 28.3 Å². The third kappa shape index (κ3) is 1.74. The van der Waals surface area contributed by atoms with E-state index in [1.807, 2.05) is 19.1 Å². The molecule has 1 heterocycles. The summed E-state index contributed by atoms with van der Waals surface area (Å²) in [5.74, 6) is 1.62. The SMILES string of the molecule is COc1cc(-c2cnc[nH]2)cc(OC)c1C. The predicted molar refractivity (Wildman–Crippen MR) is 61.9 cm³/mol. The molecular weight excluding hydrogens is 204 g/mol. The van der Waals surface area contributed by atoms with Crippen LogP contribution in [0.15, 0.2) is 24.7 Å². The van der Waals surface area contributed by atoms with Gasteiger partial charge in [0.2, 0.25) is 0 Å². The van der Waals surface area contributed by atoms with Gasteiger partial charge in [-0.25, -0.2) is 4.98 Å². The van der Waals surface area contributed by atoms with Crippen molar-refractivity contribution in [3.63, 3.8) is 0 Å². The van der Waals surface area contributed by atoms with Crippen LogP contribution in [-0.4, -0.2) is 24.2 Å². The second-order valence-corrected chi connectivity index (χ2v) is 3.47. The second kappa shape index (κ2) is 4.26. The summed E-state index contributed by atoms with van der Waals surface area (Å²) in [5, 5.41) is 0. The quantitative estimate of drug-likeness (QED) is 0.860. The Labute approximate surface area is 94.2 Å². The summed E-state index contributed by atoms with van der Waals surface area (Å²) in [6.45, 7) is 1.97. The Hall–Kier alpha value is -1.97. The zero-order valence-electron chi connectivity index (χ0n) is 9.57. The number of aromatic nitrogens is 2. The average Bonchev–Trinajstić information content (AvgIpc) is 2.83. The normalized spacial score (nSPS) is 10.2. The summed E-state index contributed by atoms with van der Waals surface area (Å²) >= 11 is 0. The highest BCUT2D eigenvalue weighted by molar-refractivity contribution is 5.65. The van der Waals surface area contributed by atoms with Crippen molar-refractivity contribution in [2.45, 2.75) is 6.92 Å². The van der Waals surface area contributed by atoms with Crippen LogP contribution in [0.1, 0.15) is 5.56 Å². The number of hydrogen-bond acceptors (Lipinski definition) is 3. The van der Waals surface area contributed by atoms with E-state index >= 15 is 0 Å². The van der Waals surface area contributed by atoms with Crippen LogP contribution in [0.5, 0.6) is 11.5 Å². The molecule has 2 rings (SSSR count). The molecular formula is C12H14N2O2. The first-order chi connectivity index (χ1) is 7.76. The highest BCUT2D eigenvalue weighted by atomic mass is 16.5. The Bertz CT molecular complexity index is 453. The van der Waals surface area contributed by atoms with Crippen molar-refractivity contribution in [3.05, 3.63) is 30.2 Å². The van der Waals surface area contributed by atoms with Gasteiger partial charge in [-0.3, -0.25) is 0 Å². The molecule has 0 saturated carbocycles. The Morgan fingerprint density at radius 2 is 1.75 bits per heavy atom. The lowest BCUT2D eigenvalue weighted by Gasteiger charge is -2.11. The minimum absolute atomic E-state index is 0.809. The van der Waals surface area contributed by atoms with E-state index in [-0.39, 0.29) is 0 Å². The van der Waals surface area contributed by atoms with Gasteiger partial charge in [-0.1, -0.05) is 0 Å². The van der Waals surface area contributed by atoms with E-state index in [2.05, 4.69) is 9.97 Å². The van der Waals surface area contributed by atoms with Crippen LogP contribution in [0.25, 0.3) is 11.3 Å². The highest BCUT2D eigenvalue weighted by Crippen LogP contribution is 2.33. The molecule has 0 unspecified atom stereocenters. The van der Waals surface area contributed by atoms with Gasteiger partial charge in [0.1, 0.15) is 11.5 Å². The molecule has 0 spiro atoms. The number of aromatic amines is 1. The number of H-pyrrole nitrogens is 1. The molecule has 0 saturated heterocycles. The minimum Gasteiger partial charge on any atom is -0.496 e. The van der Waals surface area contributed by atoms with Crippen LogP contribution in [0.2, 0.25) is 0 Å². The van der Waals surface area contributed by atoms with E-state index in [4.69, 9.17) is 9.47 Å². The third-order valence-electron chi connectivity index (χ3n) is 2.56. The predicted octanol–water partition coefficient (Wildman–Crippen LogP) is 2.40. The van der Waals surface area contributed by atoms with E-state index in [0.29, 0.717) is 0 Å². The molecule has 1 aromatic heterocycles. The number of benzene rings is 1. The number of nitrogens with one attached hydrogen (secondary N) is 1. The Balaban J connectivity index is 2.56.